The van der Waals surface area contributed by atoms with E-state index in [9.17, 15) is 9.59 Å². The minimum atomic E-state index is -0.375. The average Bonchev–Trinajstić information content (AvgIpc) is 2.37. The lowest BCUT2D eigenvalue weighted by atomic mass is 10.1. The van der Waals surface area contributed by atoms with Crippen molar-refractivity contribution in [3.63, 3.8) is 0 Å². The third kappa shape index (κ3) is 5.01. The number of likely N-dealkylation sites (tertiary alicyclic amines) is 1. The molecule has 1 aliphatic heterocycles. The molecule has 1 fully saturated rings. The highest BCUT2D eigenvalue weighted by molar-refractivity contribution is 5.79. The molecule has 18 heavy (non-hydrogen) atoms. The summed E-state index contributed by atoms with van der Waals surface area (Å²) in [6.07, 6.45) is 2.81. The summed E-state index contributed by atoms with van der Waals surface area (Å²) in [4.78, 5) is 24.9. The Hall–Kier alpha value is -1.14. The molecule has 1 heterocycles. The van der Waals surface area contributed by atoms with Crippen LogP contribution in [0.2, 0.25) is 0 Å². The molecule has 0 aromatic rings. The van der Waals surface area contributed by atoms with Crippen molar-refractivity contribution in [3.05, 3.63) is 0 Å². The third-order valence-corrected chi connectivity index (χ3v) is 2.98. The van der Waals surface area contributed by atoms with Gasteiger partial charge in [0.2, 0.25) is 11.8 Å². The largest absolute Gasteiger partial charge is 0.394 e. The molecule has 1 rings (SSSR count). The van der Waals surface area contributed by atoms with Crippen LogP contribution in [-0.2, 0) is 14.3 Å². The van der Waals surface area contributed by atoms with Crippen LogP contribution in [0.4, 0.5) is 0 Å². The molecule has 0 spiro atoms. The SMILES string of the molecule is COCC(CO)NC(=O)CCN1CCCCC1=O. The summed E-state index contributed by atoms with van der Waals surface area (Å²) in [6, 6.07) is -0.375. The number of aliphatic hydroxyl groups is 1. The van der Waals surface area contributed by atoms with Gasteiger partial charge in [-0.25, -0.2) is 0 Å². The number of ether oxygens (including phenoxy) is 1. The molecule has 2 N–H and O–H groups in total. The average molecular weight is 258 g/mol. The van der Waals surface area contributed by atoms with E-state index in [2.05, 4.69) is 5.32 Å². The van der Waals surface area contributed by atoms with Crippen molar-refractivity contribution in [1.82, 2.24) is 10.2 Å². The van der Waals surface area contributed by atoms with Crippen LogP contribution in [0.5, 0.6) is 0 Å². The first-order valence-corrected chi connectivity index (χ1v) is 6.34. The monoisotopic (exact) mass is 258 g/mol. The minimum Gasteiger partial charge on any atom is -0.394 e. The summed E-state index contributed by atoms with van der Waals surface area (Å²) in [6.45, 7) is 1.33. The van der Waals surface area contributed by atoms with Gasteiger partial charge in [0, 0.05) is 33.0 Å². The zero-order chi connectivity index (χ0) is 13.4. The smallest absolute Gasteiger partial charge is 0.222 e. The van der Waals surface area contributed by atoms with Crippen LogP contribution < -0.4 is 5.32 Å². The van der Waals surface area contributed by atoms with Gasteiger partial charge in [0.25, 0.3) is 0 Å². The molecule has 0 aromatic carbocycles. The van der Waals surface area contributed by atoms with E-state index in [1.54, 1.807) is 4.90 Å². The number of nitrogens with one attached hydrogen (secondary N) is 1. The normalized spacial score (nSPS) is 17.7. The van der Waals surface area contributed by atoms with Crippen LogP contribution in [-0.4, -0.2) is 61.3 Å². The molecule has 0 saturated carbocycles. The highest BCUT2D eigenvalue weighted by Gasteiger charge is 2.19. The maximum absolute atomic E-state index is 11.6. The zero-order valence-corrected chi connectivity index (χ0v) is 10.9. The number of piperidine rings is 1. The molecule has 1 aliphatic rings. The molecular weight excluding hydrogens is 236 g/mol. The van der Waals surface area contributed by atoms with E-state index in [0.29, 0.717) is 13.0 Å². The Labute approximate surface area is 107 Å². The second-order valence-electron chi connectivity index (χ2n) is 4.49. The van der Waals surface area contributed by atoms with Gasteiger partial charge in [0.1, 0.15) is 0 Å². The first kappa shape index (κ1) is 14.9. The number of amides is 2. The lowest BCUT2D eigenvalue weighted by Crippen LogP contribution is -2.43. The molecule has 6 heteroatoms. The number of carbonyl (C=O) groups excluding carboxylic acids is 2. The number of hydrogen-bond donors (Lipinski definition) is 2. The Morgan fingerprint density at radius 1 is 1.56 bits per heavy atom. The summed E-state index contributed by atoms with van der Waals surface area (Å²) >= 11 is 0. The summed E-state index contributed by atoms with van der Waals surface area (Å²) in [5, 5.41) is 11.7. The Kier molecular flexibility index (Phi) is 6.67. The maximum atomic E-state index is 11.6. The quantitative estimate of drug-likeness (QED) is 0.646. The highest BCUT2D eigenvalue weighted by atomic mass is 16.5. The number of carbonyl (C=O) groups is 2. The molecule has 0 bridgehead atoms. The predicted octanol–water partition coefficient (Wildman–Crippen LogP) is -0.487. The number of rotatable bonds is 7. The number of nitrogens with zero attached hydrogens (tertiary/aromatic N) is 1. The first-order chi connectivity index (χ1) is 8.67. The summed E-state index contributed by atoms with van der Waals surface area (Å²) < 4.78 is 4.87. The van der Waals surface area contributed by atoms with Crippen molar-refractivity contribution < 1.29 is 19.4 Å². The van der Waals surface area contributed by atoms with Gasteiger partial charge in [-0.15, -0.1) is 0 Å². The van der Waals surface area contributed by atoms with Gasteiger partial charge in [-0.05, 0) is 12.8 Å². The second kappa shape index (κ2) is 8.05. The molecule has 6 nitrogen and oxygen atoms in total. The van der Waals surface area contributed by atoms with Crippen molar-refractivity contribution in [2.24, 2.45) is 0 Å². The van der Waals surface area contributed by atoms with Crippen LogP contribution in [0, 0.1) is 0 Å². The van der Waals surface area contributed by atoms with Crippen LogP contribution in [0.1, 0.15) is 25.7 Å². The fraction of sp³-hybridized carbons (Fsp3) is 0.833. The molecule has 2 amide bonds. The van der Waals surface area contributed by atoms with Crippen molar-refractivity contribution in [2.45, 2.75) is 31.7 Å². The maximum Gasteiger partial charge on any atom is 0.222 e. The van der Waals surface area contributed by atoms with Gasteiger partial charge in [-0.2, -0.15) is 0 Å². The van der Waals surface area contributed by atoms with E-state index in [4.69, 9.17) is 9.84 Å². The van der Waals surface area contributed by atoms with Crippen LogP contribution >= 0.6 is 0 Å². The summed E-state index contributed by atoms with van der Waals surface area (Å²) in [7, 11) is 1.52. The Morgan fingerprint density at radius 3 is 2.94 bits per heavy atom. The van der Waals surface area contributed by atoms with Crippen molar-refractivity contribution in [2.75, 3.05) is 33.4 Å². The van der Waals surface area contributed by atoms with E-state index in [1.807, 2.05) is 0 Å². The van der Waals surface area contributed by atoms with E-state index in [-0.39, 0.29) is 37.5 Å². The number of hydrogen-bond acceptors (Lipinski definition) is 4. The number of aliphatic hydroxyl groups excluding tert-OH is 1. The second-order valence-corrected chi connectivity index (χ2v) is 4.49. The molecule has 0 aromatic heterocycles. The standard InChI is InChI=1S/C12H22N2O4/c1-18-9-10(8-15)13-11(16)5-7-14-6-3-2-4-12(14)17/h10,15H,2-9H2,1H3,(H,13,16). The lowest BCUT2D eigenvalue weighted by molar-refractivity contribution is -0.134. The first-order valence-electron chi connectivity index (χ1n) is 6.34. The van der Waals surface area contributed by atoms with E-state index >= 15 is 0 Å². The molecule has 0 aliphatic carbocycles. The number of methoxy groups -OCH3 is 1. The van der Waals surface area contributed by atoms with Gasteiger partial charge in [0.05, 0.1) is 19.3 Å². The molecule has 0 radical (unpaired) electrons. The fourth-order valence-electron chi connectivity index (χ4n) is 1.98. The lowest BCUT2D eigenvalue weighted by Gasteiger charge is -2.26. The Bertz CT molecular complexity index is 283. The van der Waals surface area contributed by atoms with Crippen LogP contribution in [0.25, 0.3) is 0 Å². The van der Waals surface area contributed by atoms with Gasteiger partial charge >= 0.3 is 0 Å². The minimum absolute atomic E-state index is 0.129. The molecule has 1 atom stereocenters. The Morgan fingerprint density at radius 2 is 2.33 bits per heavy atom. The predicted molar refractivity (Wildman–Crippen MR) is 65.9 cm³/mol. The van der Waals surface area contributed by atoms with Gasteiger partial charge < -0.3 is 20.1 Å². The van der Waals surface area contributed by atoms with Crippen LogP contribution in [0.3, 0.4) is 0 Å². The third-order valence-electron chi connectivity index (χ3n) is 2.98. The van der Waals surface area contributed by atoms with Crippen molar-refractivity contribution in [3.8, 4) is 0 Å². The topological polar surface area (TPSA) is 78.9 Å². The summed E-state index contributed by atoms with van der Waals surface area (Å²) in [5.74, 6) is -0.0332. The van der Waals surface area contributed by atoms with E-state index < -0.39 is 0 Å². The molecule has 1 unspecified atom stereocenters. The Balaban J connectivity index is 2.25. The van der Waals surface area contributed by atoms with Crippen molar-refractivity contribution in [1.29, 1.82) is 0 Å². The van der Waals surface area contributed by atoms with Crippen molar-refractivity contribution >= 4 is 11.8 Å². The van der Waals surface area contributed by atoms with Gasteiger partial charge in [-0.3, -0.25) is 9.59 Å². The highest BCUT2D eigenvalue weighted by Crippen LogP contribution is 2.10. The molecular formula is C12H22N2O4. The zero-order valence-electron chi connectivity index (χ0n) is 10.9. The van der Waals surface area contributed by atoms with Gasteiger partial charge in [0.15, 0.2) is 0 Å². The van der Waals surface area contributed by atoms with Gasteiger partial charge in [-0.1, -0.05) is 0 Å². The van der Waals surface area contributed by atoms with Crippen LogP contribution in [0.15, 0.2) is 0 Å². The fourth-order valence-corrected chi connectivity index (χ4v) is 1.98. The molecule has 104 valence electrons. The van der Waals surface area contributed by atoms with E-state index in [1.165, 1.54) is 7.11 Å². The van der Waals surface area contributed by atoms with E-state index in [0.717, 1.165) is 19.4 Å². The molecule has 1 saturated heterocycles. The summed E-state index contributed by atoms with van der Waals surface area (Å²) in [5.41, 5.74) is 0.